The summed E-state index contributed by atoms with van der Waals surface area (Å²) in [4.78, 5) is 0. The fraction of sp³-hybridized carbons (Fsp3) is 0.667. The van der Waals surface area contributed by atoms with E-state index in [2.05, 4.69) is 13.8 Å². The minimum Gasteiger partial charge on any atom is -0.490 e. The molecule has 1 fully saturated rings. The van der Waals surface area contributed by atoms with Gasteiger partial charge in [0.25, 0.3) is 0 Å². The van der Waals surface area contributed by atoms with Crippen LogP contribution in [0.5, 0.6) is 11.5 Å². The Balaban J connectivity index is 2.32. The van der Waals surface area contributed by atoms with Crippen LogP contribution in [0, 0.1) is 11.8 Å². The van der Waals surface area contributed by atoms with E-state index in [4.69, 9.17) is 9.47 Å². The van der Waals surface area contributed by atoms with Crippen LogP contribution in [0.4, 0.5) is 0 Å². The van der Waals surface area contributed by atoms with Gasteiger partial charge in [-0.2, -0.15) is 0 Å². The average Bonchev–Trinajstić information content (AvgIpc) is 2.39. The van der Waals surface area contributed by atoms with Crippen LogP contribution in [0.1, 0.15) is 52.5 Å². The van der Waals surface area contributed by atoms with E-state index in [1.165, 1.54) is 6.42 Å². The summed E-state index contributed by atoms with van der Waals surface area (Å²) in [6, 6.07) is 5.86. The Morgan fingerprint density at radius 1 is 1.05 bits per heavy atom. The van der Waals surface area contributed by atoms with Gasteiger partial charge in [0.05, 0.1) is 18.8 Å². The largest absolute Gasteiger partial charge is 0.490 e. The Bertz CT molecular complexity index is 460. The van der Waals surface area contributed by atoms with Gasteiger partial charge in [-0.05, 0) is 62.6 Å². The molecule has 3 heteroatoms. The molecule has 1 aromatic carbocycles. The van der Waals surface area contributed by atoms with Gasteiger partial charge in [-0.15, -0.1) is 0 Å². The van der Waals surface area contributed by atoms with Gasteiger partial charge in [-0.3, -0.25) is 0 Å². The minimum absolute atomic E-state index is 0.542. The zero-order chi connectivity index (χ0) is 15.5. The van der Waals surface area contributed by atoms with Crippen LogP contribution in [0.25, 0.3) is 0 Å². The summed E-state index contributed by atoms with van der Waals surface area (Å²) in [5, 5.41) is 11.1. The monoisotopic (exact) mass is 292 g/mol. The molecule has 0 radical (unpaired) electrons. The molecule has 3 nitrogen and oxygen atoms in total. The van der Waals surface area contributed by atoms with E-state index < -0.39 is 5.60 Å². The molecule has 0 aromatic heterocycles. The molecule has 118 valence electrons. The van der Waals surface area contributed by atoms with Crippen LogP contribution < -0.4 is 9.47 Å². The number of hydrogen-bond donors (Lipinski definition) is 1. The normalized spacial score (nSPS) is 29.2. The van der Waals surface area contributed by atoms with Crippen molar-refractivity contribution in [2.75, 3.05) is 13.2 Å². The van der Waals surface area contributed by atoms with Gasteiger partial charge in [0, 0.05) is 0 Å². The number of ether oxygens (including phenoxy) is 2. The maximum Gasteiger partial charge on any atom is 0.161 e. The third kappa shape index (κ3) is 3.70. The summed E-state index contributed by atoms with van der Waals surface area (Å²) in [5.41, 5.74) is 0.209. The zero-order valence-corrected chi connectivity index (χ0v) is 13.7. The molecule has 1 aromatic rings. The fourth-order valence-electron chi connectivity index (χ4n) is 3.67. The third-order valence-electron chi connectivity index (χ3n) is 4.26. The van der Waals surface area contributed by atoms with Gasteiger partial charge in [0.2, 0.25) is 0 Å². The SMILES string of the molecule is CCOc1ccc(C2(O)CC(C)CC(C)C2)cc1OCC. The van der Waals surface area contributed by atoms with Crippen LogP contribution >= 0.6 is 0 Å². The Labute approximate surface area is 128 Å². The second-order valence-electron chi connectivity index (χ2n) is 6.41. The topological polar surface area (TPSA) is 38.7 Å². The maximum absolute atomic E-state index is 11.1. The maximum atomic E-state index is 11.1. The lowest BCUT2D eigenvalue weighted by Crippen LogP contribution is -2.35. The quantitative estimate of drug-likeness (QED) is 0.887. The predicted octanol–water partition coefficient (Wildman–Crippen LogP) is 4.13. The van der Waals surface area contributed by atoms with Crippen molar-refractivity contribution in [2.45, 2.75) is 52.6 Å². The molecule has 0 spiro atoms. The minimum atomic E-state index is -0.742. The van der Waals surface area contributed by atoms with Crippen LogP contribution in [-0.4, -0.2) is 18.3 Å². The molecule has 1 aliphatic carbocycles. The first kappa shape index (κ1) is 16.2. The van der Waals surface area contributed by atoms with Crippen molar-refractivity contribution >= 4 is 0 Å². The highest BCUT2D eigenvalue weighted by atomic mass is 16.5. The first-order chi connectivity index (χ1) is 9.98. The molecular formula is C18H28O3. The van der Waals surface area contributed by atoms with Gasteiger partial charge in [0.15, 0.2) is 11.5 Å². The van der Waals surface area contributed by atoms with E-state index in [-0.39, 0.29) is 0 Å². The van der Waals surface area contributed by atoms with Crippen LogP contribution in [0.15, 0.2) is 18.2 Å². The summed E-state index contributed by atoms with van der Waals surface area (Å²) in [5.74, 6) is 2.57. The smallest absolute Gasteiger partial charge is 0.161 e. The van der Waals surface area contributed by atoms with Crippen LogP contribution in [0.2, 0.25) is 0 Å². The Morgan fingerprint density at radius 2 is 1.62 bits per heavy atom. The summed E-state index contributed by atoms with van der Waals surface area (Å²) in [7, 11) is 0. The van der Waals surface area contributed by atoms with Gasteiger partial charge in [-0.25, -0.2) is 0 Å². The highest BCUT2D eigenvalue weighted by molar-refractivity contribution is 5.45. The number of rotatable bonds is 5. The van der Waals surface area contributed by atoms with Crippen molar-refractivity contribution in [3.8, 4) is 11.5 Å². The van der Waals surface area contributed by atoms with Crippen molar-refractivity contribution in [2.24, 2.45) is 11.8 Å². The van der Waals surface area contributed by atoms with Crippen LogP contribution in [0.3, 0.4) is 0 Å². The van der Waals surface area contributed by atoms with Gasteiger partial charge < -0.3 is 14.6 Å². The lowest BCUT2D eigenvalue weighted by molar-refractivity contribution is -0.0364. The number of benzene rings is 1. The standard InChI is InChI=1S/C18H28O3/c1-5-20-16-8-7-15(10-17(16)21-6-2)18(19)11-13(3)9-14(4)12-18/h7-8,10,13-14,19H,5-6,9,11-12H2,1-4H3. The highest BCUT2D eigenvalue weighted by Gasteiger charge is 2.37. The van der Waals surface area contributed by atoms with E-state index in [1.54, 1.807) is 0 Å². The Kier molecular flexibility index (Phi) is 5.15. The average molecular weight is 292 g/mol. The highest BCUT2D eigenvalue weighted by Crippen LogP contribution is 2.44. The number of aliphatic hydroxyl groups is 1. The molecule has 1 aliphatic rings. The molecule has 2 unspecified atom stereocenters. The van der Waals surface area contributed by atoms with Crippen molar-refractivity contribution in [1.82, 2.24) is 0 Å². The summed E-state index contributed by atoms with van der Waals surface area (Å²) in [6.07, 6.45) is 2.82. The van der Waals surface area contributed by atoms with Gasteiger partial charge in [0.1, 0.15) is 0 Å². The zero-order valence-electron chi connectivity index (χ0n) is 13.7. The second kappa shape index (κ2) is 6.69. The summed E-state index contributed by atoms with van der Waals surface area (Å²) < 4.78 is 11.3. The first-order valence-corrected chi connectivity index (χ1v) is 8.11. The van der Waals surface area contributed by atoms with Crippen molar-refractivity contribution in [1.29, 1.82) is 0 Å². The Hall–Kier alpha value is -1.22. The molecule has 2 rings (SSSR count). The van der Waals surface area contributed by atoms with Gasteiger partial charge >= 0.3 is 0 Å². The molecular weight excluding hydrogens is 264 g/mol. The van der Waals surface area contributed by atoms with Gasteiger partial charge in [-0.1, -0.05) is 19.9 Å². The molecule has 1 saturated carbocycles. The van der Waals surface area contributed by atoms with Crippen LogP contribution in [-0.2, 0) is 5.60 Å². The molecule has 0 heterocycles. The van der Waals surface area contributed by atoms with E-state index in [9.17, 15) is 5.11 Å². The Morgan fingerprint density at radius 3 is 2.19 bits per heavy atom. The fourth-order valence-corrected chi connectivity index (χ4v) is 3.67. The molecule has 0 bridgehead atoms. The molecule has 2 atom stereocenters. The van der Waals surface area contributed by atoms with Crippen molar-refractivity contribution in [3.05, 3.63) is 23.8 Å². The third-order valence-corrected chi connectivity index (χ3v) is 4.26. The lowest BCUT2D eigenvalue weighted by atomic mass is 9.71. The molecule has 1 N–H and O–H groups in total. The summed E-state index contributed by atoms with van der Waals surface area (Å²) >= 11 is 0. The molecule has 0 aliphatic heterocycles. The van der Waals surface area contributed by atoms with Crippen molar-refractivity contribution in [3.63, 3.8) is 0 Å². The predicted molar refractivity (Wildman–Crippen MR) is 84.9 cm³/mol. The van der Waals surface area contributed by atoms with E-state index in [0.29, 0.717) is 25.0 Å². The van der Waals surface area contributed by atoms with E-state index in [0.717, 1.165) is 29.9 Å². The molecule has 0 saturated heterocycles. The number of hydrogen-bond acceptors (Lipinski definition) is 3. The van der Waals surface area contributed by atoms with Crippen molar-refractivity contribution < 1.29 is 14.6 Å². The lowest BCUT2D eigenvalue weighted by Gasteiger charge is -2.39. The summed E-state index contributed by atoms with van der Waals surface area (Å²) in [6.45, 7) is 9.56. The molecule has 21 heavy (non-hydrogen) atoms. The van der Waals surface area contributed by atoms with E-state index >= 15 is 0 Å². The molecule has 0 amide bonds. The van der Waals surface area contributed by atoms with E-state index in [1.807, 2.05) is 32.0 Å². The first-order valence-electron chi connectivity index (χ1n) is 8.11. The second-order valence-corrected chi connectivity index (χ2v) is 6.41.